The van der Waals surface area contributed by atoms with Crippen molar-refractivity contribution in [3.8, 4) is 0 Å². The summed E-state index contributed by atoms with van der Waals surface area (Å²) in [5.41, 5.74) is 20.0. The smallest absolute Gasteiger partial charge is 0.418 e. The molecule has 44 heavy (non-hydrogen) atoms. The number of esters is 2. The quantitative estimate of drug-likeness (QED) is 0.0684. The lowest BCUT2D eigenvalue weighted by Crippen LogP contribution is -2.35. The number of nitrogens with two attached hydrogens (primary N) is 2. The molecule has 0 spiro atoms. The molecule has 0 aliphatic heterocycles. The van der Waals surface area contributed by atoms with Crippen molar-refractivity contribution in [1.82, 2.24) is 20.6 Å². The highest BCUT2D eigenvalue weighted by Gasteiger charge is 2.36. The average molecular weight is 601 g/mol. The number of carbonyl (C=O) groups excluding carboxylic acids is 4. The van der Waals surface area contributed by atoms with E-state index >= 15 is 0 Å². The maximum absolute atomic E-state index is 13.1. The van der Waals surface area contributed by atoms with Gasteiger partial charge in [0.05, 0.1) is 11.4 Å². The van der Waals surface area contributed by atoms with Crippen LogP contribution < -0.4 is 22.1 Å². The highest BCUT2D eigenvalue weighted by Crippen LogP contribution is 2.39. The molecule has 0 bridgehead atoms. The zero-order valence-corrected chi connectivity index (χ0v) is 24.2. The second kappa shape index (κ2) is 12.5. The van der Waals surface area contributed by atoms with Crippen LogP contribution in [0.15, 0.2) is 36.4 Å². The maximum Gasteiger partial charge on any atom is 0.418 e. The maximum atomic E-state index is 13.1. The molecule has 12 heteroatoms. The monoisotopic (exact) mass is 600 g/mol. The number of nitrogens with one attached hydrogen (secondary N) is 4. The molecule has 2 amide bonds. The van der Waals surface area contributed by atoms with Crippen molar-refractivity contribution in [3.63, 3.8) is 0 Å². The van der Waals surface area contributed by atoms with E-state index in [1.165, 1.54) is 0 Å². The Labute approximate surface area is 253 Å². The number of hydrogen-bond donors (Lipinski definition) is 6. The third kappa shape index (κ3) is 5.90. The van der Waals surface area contributed by atoms with Crippen molar-refractivity contribution in [3.05, 3.63) is 70.0 Å². The van der Waals surface area contributed by atoms with E-state index in [4.69, 9.17) is 20.9 Å². The van der Waals surface area contributed by atoms with Crippen molar-refractivity contribution in [1.29, 1.82) is 0 Å². The molecule has 4 aromatic rings. The van der Waals surface area contributed by atoms with Gasteiger partial charge in [-0.2, -0.15) is 0 Å². The van der Waals surface area contributed by atoms with Gasteiger partial charge in [0.25, 0.3) is 0 Å². The predicted octanol–water partition coefficient (Wildman–Crippen LogP) is 1.64. The molecule has 2 heterocycles. The van der Waals surface area contributed by atoms with Crippen molar-refractivity contribution >= 4 is 46.6 Å². The van der Waals surface area contributed by atoms with Crippen LogP contribution in [0.1, 0.15) is 58.7 Å². The van der Waals surface area contributed by atoms with Crippen LogP contribution in [0.25, 0.3) is 21.8 Å². The predicted molar refractivity (Wildman–Crippen MR) is 162 cm³/mol. The van der Waals surface area contributed by atoms with E-state index in [1.54, 1.807) is 0 Å². The Balaban J connectivity index is 1.18. The Morgan fingerprint density at radius 1 is 0.750 bits per heavy atom. The fourth-order valence-electron chi connectivity index (χ4n) is 6.53. The minimum absolute atomic E-state index is 0.264. The van der Waals surface area contributed by atoms with Crippen LogP contribution in [-0.2, 0) is 54.3 Å². The molecule has 6 rings (SSSR count). The van der Waals surface area contributed by atoms with Gasteiger partial charge in [0.2, 0.25) is 12.8 Å². The lowest BCUT2D eigenvalue weighted by molar-refractivity contribution is -0.175. The van der Waals surface area contributed by atoms with Crippen LogP contribution in [0.2, 0.25) is 0 Å². The Morgan fingerprint density at radius 3 is 1.59 bits per heavy atom. The number of aromatic nitrogens is 2. The molecule has 230 valence electrons. The summed E-state index contributed by atoms with van der Waals surface area (Å²) in [6.45, 7) is 1.05. The number of rotatable bonds is 10. The third-order valence-electron chi connectivity index (χ3n) is 8.57. The zero-order valence-electron chi connectivity index (χ0n) is 24.2. The molecule has 8 N–H and O–H groups in total. The molecule has 4 unspecified atom stereocenters. The summed E-state index contributed by atoms with van der Waals surface area (Å²) < 4.78 is 11.4. The Bertz CT molecular complexity index is 1600. The summed E-state index contributed by atoms with van der Waals surface area (Å²) in [6, 6.07) is 11.5. The number of ether oxygens (including phenoxy) is 2. The number of aromatic amines is 2. The van der Waals surface area contributed by atoms with Gasteiger partial charge < -0.3 is 41.5 Å². The molecule has 2 aliphatic carbocycles. The summed E-state index contributed by atoms with van der Waals surface area (Å²) in [5.74, 6) is -2.17. The number of hydrogen-bond acceptors (Lipinski definition) is 8. The van der Waals surface area contributed by atoms with Gasteiger partial charge >= 0.3 is 11.9 Å². The van der Waals surface area contributed by atoms with Crippen molar-refractivity contribution in [2.45, 2.75) is 62.8 Å². The molecule has 0 fully saturated rings. The fourth-order valence-corrected chi connectivity index (χ4v) is 6.53. The SMILES string of the molecule is NC1Cc2c([nH]c3ccc(CCNC=O)cc23)C(OC(=O)C(=O)OC2CC(N)Cc3c2[nH]c2ccc(CCNC=O)cc32)C1. The van der Waals surface area contributed by atoms with Gasteiger partial charge in [-0.15, -0.1) is 0 Å². The molecule has 2 aliphatic rings. The lowest BCUT2D eigenvalue weighted by atomic mass is 9.89. The molecular formula is C32H36N6O6. The van der Waals surface area contributed by atoms with E-state index in [0.29, 0.717) is 64.4 Å². The molecule has 0 saturated heterocycles. The molecule has 0 radical (unpaired) electrons. The summed E-state index contributed by atoms with van der Waals surface area (Å²) in [4.78, 5) is 54.1. The largest absolute Gasteiger partial charge is 0.447 e. The van der Waals surface area contributed by atoms with E-state index in [1.807, 2.05) is 24.3 Å². The normalized spacial score (nSPS) is 20.9. The van der Waals surface area contributed by atoms with Crippen molar-refractivity contribution in [2.24, 2.45) is 11.5 Å². The molecule has 4 atom stereocenters. The van der Waals surface area contributed by atoms with Crippen LogP contribution in [-0.4, -0.2) is 59.9 Å². The van der Waals surface area contributed by atoms with Gasteiger partial charge in [-0.25, -0.2) is 9.59 Å². The first-order valence-corrected chi connectivity index (χ1v) is 14.9. The van der Waals surface area contributed by atoms with Gasteiger partial charge in [0, 0.05) is 59.8 Å². The average Bonchev–Trinajstić information content (AvgIpc) is 3.55. The number of carbonyl (C=O) groups is 4. The van der Waals surface area contributed by atoms with Crippen LogP contribution in [0.5, 0.6) is 0 Å². The number of fused-ring (bicyclic) bond motifs is 6. The minimum atomic E-state index is -1.09. The van der Waals surface area contributed by atoms with Gasteiger partial charge in [-0.3, -0.25) is 9.59 Å². The number of benzene rings is 2. The van der Waals surface area contributed by atoms with Gasteiger partial charge in [-0.1, -0.05) is 12.1 Å². The van der Waals surface area contributed by atoms with E-state index in [9.17, 15) is 19.2 Å². The Morgan fingerprint density at radius 2 is 1.18 bits per heavy atom. The molecule has 0 saturated carbocycles. The van der Waals surface area contributed by atoms with E-state index in [2.05, 4.69) is 32.7 Å². The molecule has 2 aromatic heterocycles. The van der Waals surface area contributed by atoms with Gasteiger partial charge in [0.1, 0.15) is 12.2 Å². The van der Waals surface area contributed by atoms with Crippen molar-refractivity contribution < 1.29 is 28.7 Å². The van der Waals surface area contributed by atoms with Crippen LogP contribution in [0, 0.1) is 0 Å². The fraction of sp³-hybridized carbons (Fsp3) is 0.375. The summed E-state index contributed by atoms with van der Waals surface area (Å²) >= 11 is 0. The Hall–Kier alpha value is -4.68. The van der Waals surface area contributed by atoms with Crippen LogP contribution >= 0.6 is 0 Å². The van der Waals surface area contributed by atoms with Gasteiger partial charge in [-0.05, 0) is 72.2 Å². The van der Waals surface area contributed by atoms with Crippen LogP contribution in [0.3, 0.4) is 0 Å². The third-order valence-corrected chi connectivity index (χ3v) is 8.57. The lowest BCUT2D eigenvalue weighted by Gasteiger charge is -2.28. The zero-order chi connectivity index (χ0) is 30.8. The van der Waals surface area contributed by atoms with Crippen molar-refractivity contribution in [2.75, 3.05) is 13.1 Å². The number of amides is 2. The highest BCUT2D eigenvalue weighted by atomic mass is 16.6. The molecule has 12 nitrogen and oxygen atoms in total. The first-order chi connectivity index (χ1) is 21.3. The highest BCUT2D eigenvalue weighted by molar-refractivity contribution is 6.29. The summed E-state index contributed by atoms with van der Waals surface area (Å²) in [6.07, 6.45) is 3.16. The first kappa shape index (κ1) is 29.4. The number of H-pyrrole nitrogens is 2. The standard InChI is InChI=1S/C32H36N6O6/c33-19-11-23-21-9-17(5-7-35-15-39)1-3-25(21)37-29(23)27(13-19)43-31(41)32(42)44-28-14-20(34)12-24-22-10-18(6-8-36-16-40)2-4-26(22)38-30(24)28/h1-4,9-10,15-16,19-20,27-28,37-38H,5-8,11-14,33-34H2,(H,35,39)(H,36,40). The second-order valence-corrected chi connectivity index (χ2v) is 11.6. The summed E-state index contributed by atoms with van der Waals surface area (Å²) in [7, 11) is 0. The van der Waals surface area contributed by atoms with E-state index < -0.39 is 24.1 Å². The van der Waals surface area contributed by atoms with Gasteiger partial charge in [0.15, 0.2) is 0 Å². The van der Waals surface area contributed by atoms with E-state index in [-0.39, 0.29) is 12.1 Å². The molecular weight excluding hydrogens is 564 g/mol. The summed E-state index contributed by atoms with van der Waals surface area (Å²) in [5, 5.41) is 7.30. The van der Waals surface area contributed by atoms with E-state index in [0.717, 1.165) is 55.4 Å². The topological polar surface area (TPSA) is 194 Å². The minimum Gasteiger partial charge on any atom is -0.447 e. The second-order valence-electron chi connectivity index (χ2n) is 11.6. The first-order valence-electron chi connectivity index (χ1n) is 14.9. The Kier molecular flexibility index (Phi) is 8.36. The van der Waals surface area contributed by atoms with Crippen LogP contribution in [0.4, 0.5) is 0 Å². The molecule has 2 aromatic carbocycles.